The third-order valence-electron chi connectivity index (χ3n) is 5.25. The molecule has 10 heteroatoms. The molecule has 2 aromatic rings. The minimum atomic E-state index is -3.58. The van der Waals surface area contributed by atoms with Crippen LogP contribution < -0.4 is 14.8 Å². The Hall–Kier alpha value is -1.94. The highest BCUT2D eigenvalue weighted by Gasteiger charge is 2.32. The molecule has 1 N–H and O–H groups in total. The van der Waals surface area contributed by atoms with Gasteiger partial charge in [0.25, 0.3) is 0 Å². The van der Waals surface area contributed by atoms with E-state index in [2.05, 4.69) is 5.32 Å². The molecule has 31 heavy (non-hydrogen) atoms. The number of hydrogen-bond donors (Lipinski definition) is 1. The predicted molar refractivity (Wildman–Crippen MR) is 123 cm³/mol. The molecule has 0 spiro atoms. The van der Waals surface area contributed by atoms with Crippen LogP contribution in [0.15, 0.2) is 46.2 Å². The van der Waals surface area contributed by atoms with E-state index in [-0.39, 0.29) is 29.8 Å². The zero-order valence-corrected chi connectivity index (χ0v) is 19.9. The average Bonchev–Trinajstić information content (AvgIpc) is 2.79. The summed E-state index contributed by atoms with van der Waals surface area (Å²) in [5, 5.41) is 3.23. The second kappa shape index (κ2) is 10.1. The van der Waals surface area contributed by atoms with Crippen LogP contribution in [0, 0.1) is 5.92 Å². The first-order chi connectivity index (χ1) is 14.8. The van der Waals surface area contributed by atoms with Crippen LogP contribution in [-0.4, -0.2) is 52.2 Å². The molecule has 0 bridgehead atoms. The Bertz CT molecular complexity index is 1040. The molecule has 0 aromatic heterocycles. The fourth-order valence-corrected chi connectivity index (χ4v) is 5.56. The number of piperidine rings is 1. The van der Waals surface area contributed by atoms with Crippen molar-refractivity contribution >= 4 is 45.0 Å². The summed E-state index contributed by atoms with van der Waals surface area (Å²) in [5.74, 6) is 0.347. The number of carbonyl (C=O) groups excluding carboxylic acids is 1. The maximum Gasteiger partial charge on any atom is 0.243 e. The summed E-state index contributed by atoms with van der Waals surface area (Å²) in [6, 6.07) is 10.0. The van der Waals surface area contributed by atoms with Gasteiger partial charge < -0.3 is 14.8 Å². The maximum atomic E-state index is 12.9. The van der Waals surface area contributed by atoms with E-state index in [4.69, 9.17) is 21.1 Å². The van der Waals surface area contributed by atoms with Gasteiger partial charge in [0.2, 0.25) is 15.9 Å². The minimum absolute atomic E-state index is 0.191. The van der Waals surface area contributed by atoms with Crippen LogP contribution >= 0.6 is 23.4 Å². The summed E-state index contributed by atoms with van der Waals surface area (Å²) < 4.78 is 37.8. The Labute approximate surface area is 192 Å². The van der Waals surface area contributed by atoms with Crippen molar-refractivity contribution < 1.29 is 22.7 Å². The molecule has 0 radical (unpaired) electrons. The first-order valence-electron chi connectivity index (χ1n) is 9.66. The van der Waals surface area contributed by atoms with Crippen LogP contribution in [0.25, 0.3) is 0 Å². The summed E-state index contributed by atoms with van der Waals surface area (Å²) in [6.07, 6.45) is 2.80. The van der Waals surface area contributed by atoms with Gasteiger partial charge in [-0.25, -0.2) is 8.42 Å². The number of sulfonamides is 1. The van der Waals surface area contributed by atoms with Gasteiger partial charge in [0.1, 0.15) is 11.5 Å². The molecule has 1 saturated heterocycles. The summed E-state index contributed by atoms with van der Waals surface area (Å²) in [7, 11) is -0.599. The van der Waals surface area contributed by atoms with Crippen LogP contribution in [0.3, 0.4) is 0 Å². The molecule has 168 valence electrons. The highest BCUT2D eigenvalue weighted by Crippen LogP contribution is 2.36. The quantitative estimate of drug-likeness (QED) is 0.595. The monoisotopic (exact) mass is 484 g/mol. The molecule has 0 saturated carbocycles. The number of amides is 1. The van der Waals surface area contributed by atoms with Gasteiger partial charge in [-0.05, 0) is 43.4 Å². The van der Waals surface area contributed by atoms with Gasteiger partial charge in [-0.2, -0.15) is 4.31 Å². The molecule has 0 atom stereocenters. The van der Waals surface area contributed by atoms with Crippen molar-refractivity contribution in [3.63, 3.8) is 0 Å². The fourth-order valence-electron chi connectivity index (χ4n) is 3.45. The van der Waals surface area contributed by atoms with Crippen LogP contribution in [0.1, 0.15) is 12.8 Å². The first-order valence-corrected chi connectivity index (χ1v) is 12.7. The second-order valence-electron chi connectivity index (χ2n) is 7.03. The molecule has 1 aliphatic rings. The zero-order chi connectivity index (χ0) is 22.6. The Kier molecular flexibility index (Phi) is 7.74. The van der Waals surface area contributed by atoms with Crippen LogP contribution in [0.5, 0.6) is 11.5 Å². The van der Waals surface area contributed by atoms with Crippen molar-refractivity contribution in [2.45, 2.75) is 22.6 Å². The van der Waals surface area contributed by atoms with Gasteiger partial charge >= 0.3 is 0 Å². The third-order valence-corrected chi connectivity index (χ3v) is 8.21. The van der Waals surface area contributed by atoms with Gasteiger partial charge in [-0.1, -0.05) is 11.6 Å². The van der Waals surface area contributed by atoms with E-state index in [1.54, 1.807) is 48.2 Å². The number of nitrogens with zero attached hydrogens (tertiary/aromatic N) is 1. The number of rotatable bonds is 7. The number of carbonyl (C=O) groups is 1. The fraction of sp³-hybridized carbons (Fsp3) is 0.381. The van der Waals surface area contributed by atoms with Crippen LogP contribution in [0.4, 0.5) is 5.69 Å². The van der Waals surface area contributed by atoms with Crippen LogP contribution in [-0.2, 0) is 14.8 Å². The predicted octanol–water partition coefficient (Wildman–Crippen LogP) is 4.12. The molecule has 1 heterocycles. The van der Waals surface area contributed by atoms with Crippen molar-refractivity contribution in [2.75, 3.05) is 38.9 Å². The number of halogens is 1. The largest absolute Gasteiger partial charge is 0.495 e. The number of hydrogen-bond acceptors (Lipinski definition) is 6. The van der Waals surface area contributed by atoms with Gasteiger partial charge in [0.05, 0.1) is 29.8 Å². The van der Waals surface area contributed by atoms with Gasteiger partial charge in [-0.15, -0.1) is 11.8 Å². The number of ether oxygens (including phenoxy) is 2. The zero-order valence-electron chi connectivity index (χ0n) is 17.6. The second-order valence-corrected chi connectivity index (χ2v) is 10.3. The SMILES string of the molecule is COc1cc(NC(=O)C2CCN(S(=O)(=O)c3ccc(SC)cc3)CC2)c(OC)cc1Cl. The molecule has 3 rings (SSSR count). The number of anilines is 1. The molecule has 1 aliphatic heterocycles. The van der Waals surface area contributed by atoms with E-state index in [1.165, 1.54) is 18.5 Å². The Morgan fingerprint density at radius 3 is 2.26 bits per heavy atom. The standard InChI is InChI=1S/C21H25ClN2O5S2/c1-28-19-13-18(20(29-2)12-17(19)22)23-21(25)14-8-10-24(11-9-14)31(26,27)16-6-4-15(30-3)5-7-16/h4-7,12-14H,8-11H2,1-3H3,(H,23,25). The van der Waals surface area contributed by atoms with Crippen molar-refractivity contribution in [3.05, 3.63) is 41.4 Å². The summed E-state index contributed by atoms with van der Waals surface area (Å²) in [6.45, 7) is 0.567. The molecule has 0 aliphatic carbocycles. The lowest BCUT2D eigenvalue weighted by molar-refractivity contribution is -0.120. The number of nitrogens with one attached hydrogen (secondary N) is 1. The lowest BCUT2D eigenvalue weighted by Crippen LogP contribution is -2.41. The molecular formula is C21H25ClN2O5S2. The van der Waals surface area contributed by atoms with E-state index in [9.17, 15) is 13.2 Å². The highest BCUT2D eigenvalue weighted by molar-refractivity contribution is 7.98. The Morgan fingerprint density at radius 1 is 1.10 bits per heavy atom. The van der Waals surface area contributed by atoms with Gasteiger partial charge in [-0.3, -0.25) is 4.79 Å². The summed E-state index contributed by atoms with van der Waals surface area (Å²) in [4.78, 5) is 14.1. The van der Waals surface area contributed by atoms with Gasteiger partial charge in [0, 0.05) is 36.0 Å². The molecule has 0 unspecified atom stereocenters. The minimum Gasteiger partial charge on any atom is -0.495 e. The topological polar surface area (TPSA) is 84.9 Å². The van der Waals surface area contributed by atoms with Gasteiger partial charge in [0.15, 0.2) is 0 Å². The highest BCUT2D eigenvalue weighted by atomic mass is 35.5. The lowest BCUT2D eigenvalue weighted by Gasteiger charge is -2.30. The van der Waals surface area contributed by atoms with E-state index in [1.807, 2.05) is 6.26 Å². The van der Waals surface area contributed by atoms with Crippen LogP contribution in [0.2, 0.25) is 5.02 Å². The summed E-state index contributed by atoms with van der Waals surface area (Å²) in [5.41, 5.74) is 0.456. The smallest absolute Gasteiger partial charge is 0.243 e. The van der Waals surface area contributed by atoms with E-state index < -0.39 is 10.0 Å². The normalized spacial score (nSPS) is 15.5. The van der Waals surface area contributed by atoms with Crippen molar-refractivity contribution in [2.24, 2.45) is 5.92 Å². The number of thioether (sulfide) groups is 1. The lowest BCUT2D eigenvalue weighted by atomic mass is 9.97. The first kappa shape index (κ1) is 23.7. The molecule has 1 amide bonds. The Morgan fingerprint density at radius 2 is 1.71 bits per heavy atom. The average molecular weight is 485 g/mol. The van der Waals surface area contributed by atoms with E-state index in [0.717, 1.165) is 4.90 Å². The van der Waals surface area contributed by atoms with Crippen molar-refractivity contribution in [3.8, 4) is 11.5 Å². The van der Waals surface area contributed by atoms with E-state index in [0.29, 0.717) is 35.1 Å². The number of benzene rings is 2. The van der Waals surface area contributed by atoms with Crippen molar-refractivity contribution in [1.29, 1.82) is 0 Å². The Balaban J connectivity index is 1.66. The molecular weight excluding hydrogens is 460 g/mol. The third kappa shape index (κ3) is 5.28. The van der Waals surface area contributed by atoms with Crippen molar-refractivity contribution in [1.82, 2.24) is 4.31 Å². The number of methoxy groups -OCH3 is 2. The molecule has 2 aromatic carbocycles. The molecule has 7 nitrogen and oxygen atoms in total. The summed E-state index contributed by atoms with van der Waals surface area (Å²) >= 11 is 7.67. The maximum absolute atomic E-state index is 12.9. The van der Waals surface area contributed by atoms with E-state index >= 15 is 0 Å². The molecule has 1 fully saturated rings.